The molecule has 1 aliphatic rings. The summed E-state index contributed by atoms with van der Waals surface area (Å²) in [7, 11) is 0. The number of fused-ring (bicyclic) bond motifs is 3. The van der Waals surface area contributed by atoms with Crippen molar-refractivity contribution in [2.45, 2.75) is 32.6 Å². The number of aromatic nitrogens is 6. The van der Waals surface area contributed by atoms with E-state index in [9.17, 15) is 4.79 Å². The molecule has 0 radical (unpaired) electrons. The second kappa shape index (κ2) is 6.52. The lowest BCUT2D eigenvalue weighted by Gasteiger charge is -2.14. The van der Waals surface area contributed by atoms with Gasteiger partial charge in [0.05, 0.1) is 11.4 Å². The number of nitrogens with zero attached hydrogens (tertiary/aromatic N) is 6. The summed E-state index contributed by atoms with van der Waals surface area (Å²) in [5.74, 6) is 0.253. The summed E-state index contributed by atoms with van der Waals surface area (Å²) < 4.78 is 6.62. The fraction of sp³-hybridized carbons (Fsp3) is 0.263. The van der Waals surface area contributed by atoms with Crippen LogP contribution in [0.1, 0.15) is 40.4 Å². The van der Waals surface area contributed by atoms with Gasteiger partial charge >= 0.3 is 0 Å². The molecule has 0 saturated heterocycles. The highest BCUT2D eigenvalue weighted by atomic mass is 16.6. The number of nitrogens with one attached hydrogen (secondary N) is 1. The number of rotatable bonds is 3. The molecule has 1 amide bonds. The molecule has 9 heteroatoms. The van der Waals surface area contributed by atoms with Crippen molar-refractivity contribution in [1.29, 1.82) is 0 Å². The van der Waals surface area contributed by atoms with Crippen molar-refractivity contribution in [3.8, 4) is 11.3 Å². The Hall–Kier alpha value is -3.62. The van der Waals surface area contributed by atoms with Crippen LogP contribution in [-0.4, -0.2) is 35.8 Å². The Balaban J connectivity index is 1.41. The molecule has 1 aromatic carbocycles. The molecule has 0 fully saturated rings. The Labute approximate surface area is 159 Å². The van der Waals surface area contributed by atoms with Crippen molar-refractivity contribution in [1.82, 2.24) is 29.9 Å². The Morgan fingerprint density at radius 1 is 1.11 bits per heavy atom. The number of hydrogen-bond acceptors (Lipinski definition) is 7. The van der Waals surface area contributed by atoms with Gasteiger partial charge < -0.3 is 5.32 Å². The highest BCUT2D eigenvalue weighted by Gasteiger charge is 2.18. The number of anilines is 1. The minimum absolute atomic E-state index is 0.174. The van der Waals surface area contributed by atoms with Crippen LogP contribution in [0.3, 0.4) is 0 Å². The van der Waals surface area contributed by atoms with Gasteiger partial charge in [-0.15, -0.1) is 5.10 Å². The van der Waals surface area contributed by atoms with Crippen molar-refractivity contribution in [3.63, 3.8) is 0 Å². The summed E-state index contributed by atoms with van der Waals surface area (Å²) in [5, 5.41) is 18.6. The van der Waals surface area contributed by atoms with E-state index in [2.05, 4.69) is 35.4 Å². The summed E-state index contributed by atoms with van der Waals surface area (Å²) in [4.78, 5) is 16.8. The second-order valence-electron chi connectivity index (χ2n) is 6.83. The second-order valence-corrected chi connectivity index (χ2v) is 6.83. The molecule has 4 aromatic rings. The van der Waals surface area contributed by atoms with E-state index in [1.165, 1.54) is 5.69 Å². The third-order valence-corrected chi connectivity index (χ3v) is 4.95. The minimum Gasteiger partial charge on any atom is -0.320 e. The summed E-state index contributed by atoms with van der Waals surface area (Å²) in [6.07, 6.45) is 6.30. The van der Waals surface area contributed by atoms with Crippen LogP contribution in [0.15, 0.2) is 35.1 Å². The first-order valence-electron chi connectivity index (χ1n) is 9.13. The van der Waals surface area contributed by atoms with Crippen molar-refractivity contribution in [2.75, 3.05) is 5.32 Å². The highest BCUT2D eigenvalue weighted by molar-refractivity contribution is 6.03. The normalized spacial score (nSPS) is 13.5. The van der Waals surface area contributed by atoms with Gasteiger partial charge in [-0.2, -0.15) is 5.10 Å². The zero-order valence-electron chi connectivity index (χ0n) is 15.2. The average molecular weight is 375 g/mol. The van der Waals surface area contributed by atoms with Crippen molar-refractivity contribution < 1.29 is 9.42 Å². The van der Waals surface area contributed by atoms with Crippen LogP contribution in [0.2, 0.25) is 0 Å². The quantitative estimate of drug-likeness (QED) is 0.586. The Kier molecular flexibility index (Phi) is 3.85. The predicted octanol–water partition coefficient (Wildman–Crippen LogP) is 2.61. The van der Waals surface area contributed by atoms with E-state index in [4.69, 9.17) is 0 Å². The smallest absolute Gasteiger partial charge is 0.279 e. The van der Waals surface area contributed by atoms with Crippen LogP contribution in [-0.2, 0) is 12.8 Å². The fourth-order valence-electron chi connectivity index (χ4n) is 3.48. The Morgan fingerprint density at radius 2 is 1.93 bits per heavy atom. The van der Waals surface area contributed by atoms with E-state index in [0.717, 1.165) is 42.6 Å². The predicted molar refractivity (Wildman–Crippen MR) is 99.8 cm³/mol. The van der Waals surface area contributed by atoms with Crippen LogP contribution >= 0.6 is 0 Å². The molecule has 140 valence electrons. The third kappa shape index (κ3) is 2.81. The van der Waals surface area contributed by atoms with Gasteiger partial charge in [-0.25, -0.2) is 9.61 Å². The fourth-order valence-corrected chi connectivity index (χ4v) is 3.48. The van der Waals surface area contributed by atoms with Gasteiger partial charge in [0.25, 0.3) is 11.7 Å². The molecule has 1 aliphatic carbocycles. The van der Waals surface area contributed by atoms with Crippen LogP contribution < -0.4 is 5.32 Å². The van der Waals surface area contributed by atoms with Gasteiger partial charge in [0, 0.05) is 23.1 Å². The molecule has 1 N–H and O–H groups in total. The maximum Gasteiger partial charge on any atom is 0.279 e. The van der Waals surface area contributed by atoms with Gasteiger partial charge in [-0.1, -0.05) is 17.3 Å². The summed E-state index contributed by atoms with van der Waals surface area (Å²) in [5.41, 5.74) is 5.30. The van der Waals surface area contributed by atoms with E-state index in [1.807, 2.05) is 34.9 Å². The molecule has 0 unspecified atom stereocenters. The zero-order chi connectivity index (χ0) is 19.1. The number of carbonyl (C=O) groups is 1. The van der Waals surface area contributed by atoms with Crippen LogP contribution in [0.25, 0.3) is 17.0 Å². The number of imidazole rings is 1. The van der Waals surface area contributed by atoms with Crippen molar-refractivity contribution in [3.05, 3.63) is 53.2 Å². The van der Waals surface area contributed by atoms with Crippen LogP contribution in [0.4, 0.5) is 5.69 Å². The number of aryl methyl sites for hydroxylation is 3. The molecule has 0 bridgehead atoms. The molecule has 9 nitrogen and oxygen atoms in total. The topological polar surface area (TPSA) is 111 Å². The average Bonchev–Trinajstić information content (AvgIpc) is 3.35. The van der Waals surface area contributed by atoms with E-state index in [1.54, 1.807) is 6.92 Å². The Morgan fingerprint density at radius 3 is 2.71 bits per heavy atom. The zero-order valence-corrected chi connectivity index (χ0v) is 15.2. The summed E-state index contributed by atoms with van der Waals surface area (Å²) >= 11 is 0. The molecule has 0 atom stereocenters. The first-order chi connectivity index (χ1) is 13.7. The molecule has 0 spiro atoms. The lowest BCUT2D eigenvalue weighted by atomic mass is 10.0. The van der Waals surface area contributed by atoms with Gasteiger partial charge in [0.1, 0.15) is 5.69 Å². The number of amides is 1. The number of carbonyl (C=O) groups excluding carboxylic acids is 1. The molecule has 3 aromatic heterocycles. The molecular weight excluding hydrogens is 358 g/mol. The maximum absolute atomic E-state index is 12.2. The molecule has 0 saturated carbocycles. The van der Waals surface area contributed by atoms with Gasteiger partial charge in [0.15, 0.2) is 5.69 Å². The van der Waals surface area contributed by atoms with E-state index in [-0.39, 0.29) is 11.6 Å². The molecular formula is C19H17N7O2. The third-order valence-electron chi connectivity index (χ3n) is 4.95. The molecule has 0 aliphatic heterocycles. The number of hydrogen-bond donors (Lipinski definition) is 1. The van der Waals surface area contributed by atoms with E-state index < -0.39 is 0 Å². The van der Waals surface area contributed by atoms with Crippen LogP contribution in [0, 0.1) is 6.92 Å². The molecule has 3 heterocycles. The molecule has 5 rings (SSSR count). The van der Waals surface area contributed by atoms with Gasteiger partial charge in [-0.05, 0) is 49.9 Å². The first-order valence-corrected chi connectivity index (χ1v) is 9.13. The SMILES string of the molecule is Cc1nonc1C(=O)Nc1ccc(-c2cn3c4c(nnc3n2)CCCC4)cc1. The summed E-state index contributed by atoms with van der Waals surface area (Å²) in [6.45, 7) is 1.67. The van der Waals surface area contributed by atoms with Gasteiger partial charge in [0.2, 0.25) is 0 Å². The van der Waals surface area contributed by atoms with Crippen LogP contribution in [0.5, 0.6) is 0 Å². The van der Waals surface area contributed by atoms with E-state index in [0.29, 0.717) is 17.2 Å². The van der Waals surface area contributed by atoms with E-state index >= 15 is 0 Å². The van der Waals surface area contributed by atoms with Crippen molar-refractivity contribution >= 4 is 17.4 Å². The monoisotopic (exact) mass is 375 g/mol. The van der Waals surface area contributed by atoms with Crippen molar-refractivity contribution in [2.24, 2.45) is 0 Å². The Bertz CT molecular complexity index is 1180. The number of benzene rings is 1. The lowest BCUT2D eigenvalue weighted by Crippen LogP contribution is -2.13. The highest BCUT2D eigenvalue weighted by Crippen LogP contribution is 2.24. The minimum atomic E-state index is -0.360. The largest absolute Gasteiger partial charge is 0.320 e. The first kappa shape index (κ1) is 16.5. The standard InChI is InChI=1S/C19H17N7O2/c1-11-17(25-28-24-11)18(27)20-13-8-6-12(7-9-13)15-10-26-16-5-3-2-4-14(16)22-23-19(26)21-15/h6-10H,2-5H2,1H3,(H,20,27). The maximum atomic E-state index is 12.2. The van der Waals surface area contributed by atoms with Gasteiger partial charge in [-0.3, -0.25) is 9.20 Å². The lowest BCUT2D eigenvalue weighted by molar-refractivity contribution is 0.101. The molecule has 28 heavy (non-hydrogen) atoms. The summed E-state index contributed by atoms with van der Waals surface area (Å²) in [6, 6.07) is 7.46.